The molecule has 6 nitrogen and oxygen atoms in total. The van der Waals surface area contributed by atoms with Crippen LogP contribution in [0.2, 0.25) is 0 Å². The third kappa shape index (κ3) is 3.59. The highest BCUT2D eigenvalue weighted by atomic mass is 32.1. The maximum atomic E-state index is 12.4. The van der Waals surface area contributed by atoms with Gasteiger partial charge in [0, 0.05) is 17.5 Å². The van der Waals surface area contributed by atoms with Crippen molar-refractivity contribution in [2.75, 3.05) is 0 Å². The first-order valence-corrected chi connectivity index (χ1v) is 9.54. The lowest BCUT2D eigenvalue weighted by Crippen LogP contribution is -2.05. The normalized spacial score (nSPS) is 11.0. The maximum Gasteiger partial charge on any atom is 0.338 e. The van der Waals surface area contributed by atoms with Gasteiger partial charge in [0.2, 0.25) is 0 Å². The second-order valence-corrected chi connectivity index (χ2v) is 7.05. The van der Waals surface area contributed by atoms with Crippen LogP contribution >= 0.6 is 11.3 Å². The number of ether oxygens (including phenoxy) is 1. The summed E-state index contributed by atoms with van der Waals surface area (Å²) in [6, 6.07) is 13.5. The molecule has 2 aromatic heterocycles. The maximum absolute atomic E-state index is 12.4. The zero-order chi connectivity index (χ0) is 18.8. The molecule has 2 heterocycles. The first-order valence-electron chi connectivity index (χ1n) is 8.66. The fourth-order valence-corrected chi connectivity index (χ4v) is 3.57. The highest BCUT2D eigenvalue weighted by molar-refractivity contribution is 7.13. The molecule has 2 aromatic carbocycles. The average Bonchev–Trinajstić information content (AvgIpc) is 3.33. The van der Waals surface area contributed by atoms with Gasteiger partial charge in [-0.05, 0) is 32.0 Å². The quantitative estimate of drug-likeness (QED) is 0.486. The Kier molecular flexibility index (Phi) is 4.68. The highest BCUT2D eigenvalue weighted by Crippen LogP contribution is 2.24. The average molecular weight is 378 g/mol. The van der Waals surface area contributed by atoms with Gasteiger partial charge in [0.1, 0.15) is 17.1 Å². The van der Waals surface area contributed by atoms with E-state index in [9.17, 15) is 4.79 Å². The molecular weight excluding hydrogens is 360 g/mol. The van der Waals surface area contributed by atoms with E-state index in [0.29, 0.717) is 11.1 Å². The molecule has 0 atom stereocenters. The van der Waals surface area contributed by atoms with Crippen LogP contribution in [0.1, 0.15) is 28.5 Å². The standard InChI is InChI=1S/C20H18N4O2S/c1-3-24-18-9-8-15(10-17(18)22-23-24)20(25)26-11-16-12-27-19(21-16)14-6-4-13(2)5-7-14/h4-10,12H,3,11H2,1-2H3. The molecular formula is C20H18N4O2S. The second-order valence-electron chi connectivity index (χ2n) is 6.19. The van der Waals surface area contributed by atoms with Crippen LogP contribution in [0.15, 0.2) is 47.8 Å². The van der Waals surface area contributed by atoms with E-state index in [0.717, 1.165) is 28.3 Å². The summed E-state index contributed by atoms with van der Waals surface area (Å²) in [6.07, 6.45) is 0. The monoisotopic (exact) mass is 378 g/mol. The number of hydrogen-bond donors (Lipinski definition) is 0. The Morgan fingerprint density at radius 1 is 1.19 bits per heavy atom. The number of rotatable bonds is 5. The molecule has 0 aliphatic carbocycles. The third-order valence-corrected chi connectivity index (χ3v) is 5.19. The van der Waals surface area contributed by atoms with Crippen LogP contribution in [0, 0.1) is 6.92 Å². The molecule has 136 valence electrons. The Balaban J connectivity index is 1.44. The molecule has 0 saturated heterocycles. The molecule has 7 heteroatoms. The summed E-state index contributed by atoms with van der Waals surface area (Å²) in [4.78, 5) is 16.9. The smallest absolute Gasteiger partial charge is 0.338 e. The topological polar surface area (TPSA) is 69.9 Å². The van der Waals surface area contributed by atoms with Crippen LogP contribution in [-0.4, -0.2) is 25.9 Å². The predicted octanol–water partition coefficient (Wildman–Crippen LogP) is 4.24. The molecule has 4 rings (SSSR count). The van der Waals surface area contributed by atoms with Gasteiger partial charge in [-0.25, -0.2) is 14.5 Å². The van der Waals surface area contributed by atoms with Crippen molar-refractivity contribution in [3.8, 4) is 10.6 Å². The molecule has 0 fully saturated rings. The van der Waals surface area contributed by atoms with E-state index in [4.69, 9.17) is 4.74 Å². The first-order chi connectivity index (χ1) is 13.1. The minimum Gasteiger partial charge on any atom is -0.456 e. The minimum absolute atomic E-state index is 0.140. The summed E-state index contributed by atoms with van der Waals surface area (Å²) in [5, 5.41) is 11.0. The number of thiazole rings is 1. The van der Waals surface area contributed by atoms with Gasteiger partial charge < -0.3 is 4.74 Å². The van der Waals surface area contributed by atoms with Gasteiger partial charge in [0.25, 0.3) is 0 Å². The largest absolute Gasteiger partial charge is 0.456 e. The van der Waals surface area contributed by atoms with E-state index in [2.05, 4.69) is 34.4 Å². The molecule has 0 amide bonds. The Bertz CT molecular complexity index is 1100. The molecule has 4 aromatic rings. The van der Waals surface area contributed by atoms with Crippen molar-refractivity contribution in [2.45, 2.75) is 27.0 Å². The number of aryl methyl sites for hydroxylation is 2. The third-order valence-electron chi connectivity index (χ3n) is 4.25. The van der Waals surface area contributed by atoms with E-state index < -0.39 is 5.97 Å². The summed E-state index contributed by atoms with van der Waals surface area (Å²) >= 11 is 1.54. The van der Waals surface area contributed by atoms with Gasteiger partial charge in [0.05, 0.1) is 16.8 Å². The van der Waals surface area contributed by atoms with Gasteiger partial charge in [-0.3, -0.25) is 0 Å². The van der Waals surface area contributed by atoms with Crippen molar-refractivity contribution in [2.24, 2.45) is 0 Å². The van der Waals surface area contributed by atoms with E-state index in [1.54, 1.807) is 16.8 Å². The van der Waals surface area contributed by atoms with E-state index in [1.165, 1.54) is 16.9 Å². The van der Waals surface area contributed by atoms with E-state index in [1.807, 2.05) is 30.5 Å². The predicted molar refractivity (Wildman–Crippen MR) is 105 cm³/mol. The van der Waals surface area contributed by atoms with Crippen LogP contribution in [0.5, 0.6) is 0 Å². The minimum atomic E-state index is -0.396. The summed E-state index contributed by atoms with van der Waals surface area (Å²) in [5.74, 6) is -0.396. The summed E-state index contributed by atoms with van der Waals surface area (Å²) in [5.41, 5.74) is 5.05. The molecule has 0 aliphatic heterocycles. The number of hydrogen-bond acceptors (Lipinski definition) is 6. The molecule has 0 aliphatic rings. The zero-order valence-corrected chi connectivity index (χ0v) is 15.9. The molecule has 0 spiro atoms. The van der Waals surface area contributed by atoms with Crippen LogP contribution in [-0.2, 0) is 17.9 Å². The van der Waals surface area contributed by atoms with Gasteiger partial charge >= 0.3 is 5.97 Å². The van der Waals surface area contributed by atoms with Gasteiger partial charge in [0.15, 0.2) is 0 Å². The van der Waals surface area contributed by atoms with Crippen molar-refractivity contribution in [3.05, 3.63) is 64.7 Å². The Morgan fingerprint density at radius 3 is 2.78 bits per heavy atom. The number of nitrogens with zero attached hydrogens (tertiary/aromatic N) is 4. The van der Waals surface area contributed by atoms with Crippen molar-refractivity contribution in [1.82, 2.24) is 20.0 Å². The first kappa shape index (κ1) is 17.4. The fraction of sp³-hybridized carbons (Fsp3) is 0.200. The number of benzene rings is 2. The van der Waals surface area contributed by atoms with Gasteiger partial charge in [-0.2, -0.15) is 0 Å². The van der Waals surface area contributed by atoms with Crippen LogP contribution in [0.4, 0.5) is 0 Å². The summed E-state index contributed by atoms with van der Waals surface area (Å²) in [7, 11) is 0. The lowest BCUT2D eigenvalue weighted by molar-refractivity contribution is 0.0468. The van der Waals surface area contributed by atoms with E-state index in [-0.39, 0.29) is 6.61 Å². The molecule has 0 saturated carbocycles. The molecule has 0 unspecified atom stereocenters. The number of aromatic nitrogens is 4. The second kappa shape index (κ2) is 7.28. The van der Waals surface area contributed by atoms with Crippen LogP contribution in [0.25, 0.3) is 21.6 Å². The van der Waals surface area contributed by atoms with Crippen LogP contribution < -0.4 is 0 Å². The molecule has 0 radical (unpaired) electrons. The fourth-order valence-electron chi connectivity index (χ4n) is 2.76. The lowest BCUT2D eigenvalue weighted by Gasteiger charge is -2.03. The van der Waals surface area contributed by atoms with Crippen molar-refractivity contribution < 1.29 is 9.53 Å². The molecule has 0 N–H and O–H groups in total. The SMILES string of the molecule is CCn1nnc2cc(C(=O)OCc3csc(-c4ccc(C)cc4)n3)ccc21. The summed E-state index contributed by atoms with van der Waals surface area (Å²) in [6.45, 7) is 4.92. The van der Waals surface area contributed by atoms with Crippen molar-refractivity contribution in [1.29, 1.82) is 0 Å². The number of carbonyl (C=O) groups is 1. The number of esters is 1. The molecule has 27 heavy (non-hydrogen) atoms. The summed E-state index contributed by atoms with van der Waals surface area (Å²) < 4.78 is 7.20. The van der Waals surface area contributed by atoms with Gasteiger partial charge in [-0.15, -0.1) is 16.4 Å². The van der Waals surface area contributed by atoms with Crippen LogP contribution in [0.3, 0.4) is 0 Å². The van der Waals surface area contributed by atoms with Crippen molar-refractivity contribution in [3.63, 3.8) is 0 Å². The number of carbonyl (C=O) groups excluding carboxylic acids is 1. The number of fused-ring (bicyclic) bond motifs is 1. The highest BCUT2D eigenvalue weighted by Gasteiger charge is 2.12. The van der Waals surface area contributed by atoms with E-state index >= 15 is 0 Å². The van der Waals surface area contributed by atoms with Crippen molar-refractivity contribution >= 4 is 28.3 Å². The lowest BCUT2D eigenvalue weighted by atomic mass is 10.2. The Morgan fingerprint density at radius 2 is 2.00 bits per heavy atom. The Labute approximate surface area is 160 Å². The zero-order valence-electron chi connectivity index (χ0n) is 15.0. The molecule has 0 bridgehead atoms. The Hall–Kier alpha value is -3.06. The van der Waals surface area contributed by atoms with Gasteiger partial charge in [-0.1, -0.05) is 35.0 Å².